The molecule has 0 spiro atoms. The summed E-state index contributed by atoms with van der Waals surface area (Å²) in [7, 11) is 0. The van der Waals surface area contributed by atoms with E-state index >= 15 is 0 Å². The molecule has 0 fully saturated rings. The third kappa shape index (κ3) is 3.34. The van der Waals surface area contributed by atoms with Crippen molar-refractivity contribution in [2.45, 2.75) is 6.92 Å². The van der Waals surface area contributed by atoms with Crippen molar-refractivity contribution in [3.8, 4) is 0 Å². The van der Waals surface area contributed by atoms with Gasteiger partial charge in [0.2, 0.25) is 0 Å². The molecule has 0 aliphatic rings. The SMILES string of the molecule is [2H]C(O)=COCC. The zero-order valence-corrected chi connectivity index (χ0v) is 3.64. The molecule has 6 heavy (non-hydrogen) atoms. The molecule has 0 aliphatic heterocycles. The van der Waals surface area contributed by atoms with Crippen LogP contribution in [-0.4, -0.2) is 11.7 Å². The van der Waals surface area contributed by atoms with E-state index in [0.29, 0.717) is 6.61 Å². The fraction of sp³-hybridized carbons (Fsp3) is 0.500. The number of aliphatic hydroxyl groups is 1. The molecule has 0 unspecified atom stereocenters. The topological polar surface area (TPSA) is 29.5 Å². The highest BCUT2D eigenvalue weighted by Gasteiger charge is 1.61. The second kappa shape index (κ2) is 4.34. The average molecular weight is 89.1 g/mol. The highest BCUT2D eigenvalue weighted by atomic mass is 16.5. The highest BCUT2D eigenvalue weighted by Crippen LogP contribution is 1.69. The number of hydrogen-bond donors (Lipinski definition) is 1. The Bertz CT molecular complexity index is 66.1. The lowest BCUT2D eigenvalue weighted by Crippen LogP contribution is -1.74. The fourth-order valence-corrected chi connectivity index (χ4v) is 0.121. The molecule has 0 rings (SSSR count). The van der Waals surface area contributed by atoms with E-state index in [4.69, 9.17) is 6.48 Å². The van der Waals surface area contributed by atoms with Gasteiger partial charge in [0.25, 0.3) is 0 Å². The molecule has 0 aromatic rings. The van der Waals surface area contributed by atoms with E-state index in [0.717, 1.165) is 6.26 Å². The van der Waals surface area contributed by atoms with Crippen LogP contribution in [-0.2, 0) is 4.74 Å². The van der Waals surface area contributed by atoms with Gasteiger partial charge in [-0.2, -0.15) is 0 Å². The van der Waals surface area contributed by atoms with E-state index in [1.54, 1.807) is 6.92 Å². The minimum absolute atomic E-state index is 0.489. The Hall–Kier alpha value is -0.660. The lowest BCUT2D eigenvalue weighted by Gasteiger charge is -1.85. The van der Waals surface area contributed by atoms with Crippen LogP contribution in [0.2, 0.25) is 0 Å². The first kappa shape index (κ1) is 3.53. The minimum Gasteiger partial charge on any atom is -0.512 e. The lowest BCUT2D eigenvalue weighted by molar-refractivity contribution is 0.256. The van der Waals surface area contributed by atoms with Crippen LogP contribution in [0.15, 0.2) is 12.5 Å². The van der Waals surface area contributed by atoms with Crippen LogP contribution in [0.25, 0.3) is 0 Å². The average Bonchev–Trinajstić information content (AvgIpc) is 1.61. The predicted octanol–water partition coefficient (Wildman–Crippen LogP) is 1.05. The summed E-state index contributed by atoms with van der Waals surface area (Å²) in [4.78, 5) is 0. The third-order valence-corrected chi connectivity index (χ3v) is 0.303. The molecule has 2 nitrogen and oxygen atoms in total. The zero-order chi connectivity index (χ0) is 5.70. The van der Waals surface area contributed by atoms with Crippen molar-refractivity contribution in [2.75, 3.05) is 6.61 Å². The molecule has 36 valence electrons. The summed E-state index contributed by atoms with van der Waals surface area (Å²) in [5, 5.41) is 8.09. The lowest BCUT2D eigenvalue weighted by atomic mass is 10.9. The molecule has 0 amide bonds. The van der Waals surface area contributed by atoms with E-state index < -0.39 is 6.24 Å². The summed E-state index contributed by atoms with van der Waals surface area (Å²) in [5.74, 6) is 0. The maximum atomic E-state index is 8.09. The van der Waals surface area contributed by atoms with Crippen molar-refractivity contribution >= 4 is 0 Å². The van der Waals surface area contributed by atoms with Gasteiger partial charge in [-0.3, -0.25) is 0 Å². The molecule has 0 saturated carbocycles. The van der Waals surface area contributed by atoms with Crippen molar-refractivity contribution in [3.05, 3.63) is 12.5 Å². The Balaban J connectivity index is 3.08. The smallest absolute Gasteiger partial charge is 0.117 e. The van der Waals surface area contributed by atoms with Gasteiger partial charge in [0, 0.05) is 0 Å². The van der Waals surface area contributed by atoms with Gasteiger partial charge in [-0.15, -0.1) is 0 Å². The van der Waals surface area contributed by atoms with Gasteiger partial charge < -0.3 is 9.84 Å². The first-order valence-electron chi connectivity index (χ1n) is 2.24. The number of rotatable bonds is 2. The quantitative estimate of drug-likeness (QED) is 0.512. The molecule has 0 atom stereocenters. The molecule has 0 aromatic heterocycles. The van der Waals surface area contributed by atoms with Gasteiger partial charge in [-0.1, -0.05) is 0 Å². The van der Waals surface area contributed by atoms with Crippen molar-refractivity contribution in [3.63, 3.8) is 0 Å². The van der Waals surface area contributed by atoms with Gasteiger partial charge >= 0.3 is 0 Å². The van der Waals surface area contributed by atoms with E-state index in [9.17, 15) is 0 Å². The van der Waals surface area contributed by atoms with Crippen molar-refractivity contribution in [1.29, 1.82) is 0 Å². The zero-order valence-electron chi connectivity index (χ0n) is 4.64. The molecule has 0 heterocycles. The van der Waals surface area contributed by atoms with Crippen LogP contribution in [0.1, 0.15) is 8.29 Å². The largest absolute Gasteiger partial charge is 0.512 e. The Labute approximate surface area is 38.5 Å². The van der Waals surface area contributed by atoms with Crippen molar-refractivity contribution < 1.29 is 11.2 Å². The van der Waals surface area contributed by atoms with Gasteiger partial charge in [-0.05, 0) is 6.92 Å². The molecule has 0 radical (unpaired) electrons. The van der Waals surface area contributed by atoms with E-state index in [2.05, 4.69) is 4.74 Å². The minimum atomic E-state index is -0.540. The molecule has 0 aliphatic carbocycles. The molecular weight excluding hydrogens is 80.0 g/mol. The Morgan fingerprint density at radius 3 is 3.00 bits per heavy atom. The van der Waals surface area contributed by atoms with Crippen LogP contribution in [0.5, 0.6) is 0 Å². The first-order chi connectivity index (χ1) is 3.27. The van der Waals surface area contributed by atoms with Crippen LogP contribution in [0.3, 0.4) is 0 Å². The van der Waals surface area contributed by atoms with Gasteiger partial charge in [-0.25, -0.2) is 0 Å². The van der Waals surface area contributed by atoms with Crippen LogP contribution >= 0.6 is 0 Å². The molecule has 1 N–H and O–H groups in total. The van der Waals surface area contributed by atoms with Crippen LogP contribution < -0.4 is 0 Å². The fourth-order valence-electron chi connectivity index (χ4n) is 0.121. The second-order valence-electron chi connectivity index (χ2n) is 0.702. The first-order valence-corrected chi connectivity index (χ1v) is 1.74. The Morgan fingerprint density at radius 2 is 2.83 bits per heavy atom. The number of hydrogen-bond acceptors (Lipinski definition) is 2. The third-order valence-electron chi connectivity index (χ3n) is 0.303. The maximum absolute atomic E-state index is 8.09. The summed E-state index contributed by atoms with van der Waals surface area (Å²) in [5.41, 5.74) is 0. The summed E-state index contributed by atoms with van der Waals surface area (Å²) < 4.78 is 10.9. The van der Waals surface area contributed by atoms with Gasteiger partial charge in [0.1, 0.15) is 13.9 Å². The predicted molar refractivity (Wildman–Crippen MR) is 23.4 cm³/mol. The molecule has 0 aromatic carbocycles. The van der Waals surface area contributed by atoms with E-state index in [1.165, 1.54) is 0 Å². The molecular formula is C4H8O2. The Kier molecular flexibility index (Phi) is 2.55. The highest BCUT2D eigenvalue weighted by molar-refractivity contribution is 4.54. The van der Waals surface area contributed by atoms with Crippen molar-refractivity contribution in [2.24, 2.45) is 0 Å². The standard InChI is InChI=1S/C4H8O2/c1-2-6-4-3-5/h3-5H,2H2,1H3/i3D. The van der Waals surface area contributed by atoms with Crippen LogP contribution in [0.4, 0.5) is 0 Å². The monoisotopic (exact) mass is 89.1 g/mol. The number of ether oxygens (including phenoxy) is 1. The van der Waals surface area contributed by atoms with Crippen LogP contribution in [0, 0.1) is 0 Å². The molecule has 2 heteroatoms. The summed E-state index contributed by atoms with van der Waals surface area (Å²) >= 11 is 0. The van der Waals surface area contributed by atoms with Gasteiger partial charge in [0.15, 0.2) is 0 Å². The van der Waals surface area contributed by atoms with Gasteiger partial charge in [0.05, 0.1) is 6.61 Å². The Morgan fingerprint density at radius 1 is 2.17 bits per heavy atom. The second-order valence-corrected chi connectivity index (χ2v) is 0.702. The summed E-state index contributed by atoms with van der Waals surface area (Å²) in [6, 6.07) is 0. The number of aliphatic hydroxyl groups excluding tert-OH is 1. The summed E-state index contributed by atoms with van der Waals surface area (Å²) in [6.07, 6.45) is 0.446. The van der Waals surface area contributed by atoms with E-state index in [-0.39, 0.29) is 0 Å². The van der Waals surface area contributed by atoms with Crippen molar-refractivity contribution in [1.82, 2.24) is 0 Å². The van der Waals surface area contributed by atoms with E-state index in [1.807, 2.05) is 0 Å². The normalized spacial score (nSPS) is 13.5. The maximum Gasteiger partial charge on any atom is 0.117 e. The molecule has 0 bridgehead atoms. The molecule has 0 saturated heterocycles. The summed E-state index contributed by atoms with van der Waals surface area (Å²) in [6.45, 7) is 2.27.